The first kappa shape index (κ1) is 13.8. The third-order valence-corrected chi connectivity index (χ3v) is 3.98. The van der Waals surface area contributed by atoms with E-state index in [9.17, 15) is 9.90 Å². The van der Waals surface area contributed by atoms with Crippen LogP contribution in [0.15, 0.2) is 36.4 Å². The number of aliphatic carboxylic acids is 1. The molecule has 2 aromatic rings. The second-order valence-electron chi connectivity index (χ2n) is 5.66. The highest BCUT2D eigenvalue weighted by Crippen LogP contribution is 2.47. The van der Waals surface area contributed by atoms with Crippen LogP contribution in [0, 0.1) is 5.41 Å². The van der Waals surface area contributed by atoms with Crippen molar-refractivity contribution in [1.29, 1.82) is 0 Å². The molecule has 1 aromatic heterocycles. The van der Waals surface area contributed by atoms with E-state index in [0.29, 0.717) is 18.5 Å². The third kappa shape index (κ3) is 2.67. The molecule has 1 fully saturated rings. The first-order valence-electron chi connectivity index (χ1n) is 7.02. The maximum absolute atomic E-state index is 11.1. The lowest BCUT2D eigenvalue weighted by atomic mass is 10.0. The van der Waals surface area contributed by atoms with Gasteiger partial charge in [0.25, 0.3) is 0 Å². The van der Waals surface area contributed by atoms with Crippen LogP contribution in [0.2, 0.25) is 0 Å². The van der Waals surface area contributed by atoms with Crippen molar-refractivity contribution in [3.8, 4) is 0 Å². The second kappa shape index (κ2) is 4.97. The summed E-state index contributed by atoms with van der Waals surface area (Å²) in [6, 6.07) is 9.55. The summed E-state index contributed by atoms with van der Waals surface area (Å²) >= 11 is 0. The number of carbonyl (C=O) groups is 1. The van der Waals surface area contributed by atoms with Gasteiger partial charge in [-0.2, -0.15) is 0 Å². The Labute approximate surface area is 122 Å². The minimum atomic E-state index is -0.756. The van der Waals surface area contributed by atoms with Crippen molar-refractivity contribution in [2.45, 2.75) is 25.9 Å². The predicted molar refractivity (Wildman–Crippen MR) is 80.7 cm³/mol. The summed E-state index contributed by atoms with van der Waals surface area (Å²) in [4.78, 5) is 15.6. The van der Waals surface area contributed by atoms with Crippen LogP contribution in [0.3, 0.4) is 0 Å². The summed E-state index contributed by atoms with van der Waals surface area (Å²) in [6.07, 6.45) is 4.43. The molecular formula is C17H17NO3. The van der Waals surface area contributed by atoms with Gasteiger partial charge in [-0.15, -0.1) is 0 Å². The first-order valence-corrected chi connectivity index (χ1v) is 7.02. The van der Waals surface area contributed by atoms with Crippen LogP contribution < -0.4 is 0 Å². The van der Waals surface area contributed by atoms with E-state index < -0.39 is 17.5 Å². The van der Waals surface area contributed by atoms with Gasteiger partial charge in [-0.3, -0.25) is 9.78 Å². The number of hydrogen-bond acceptors (Lipinski definition) is 3. The number of aliphatic hydroxyl groups excluding tert-OH is 1. The number of carboxylic acid groups (broad SMARTS) is 1. The van der Waals surface area contributed by atoms with Crippen molar-refractivity contribution < 1.29 is 15.0 Å². The summed E-state index contributed by atoms with van der Waals surface area (Å²) < 4.78 is 0. The monoisotopic (exact) mass is 283 g/mol. The summed E-state index contributed by atoms with van der Waals surface area (Å²) in [5.41, 5.74) is 1.69. The Morgan fingerprint density at radius 1 is 1.33 bits per heavy atom. The third-order valence-electron chi connectivity index (χ3n) is 3.98. The van der Waals surface area contributed by atoms with Crippen molar-refractivity contribution in [2.24, 2.45) is 5.41 Å². The molecule has 2 N–H and O–H groups in total. The molecule has 1 unspecified atom stereocenters. The van der Waals surface area contributed by atoms with Gasteiger partial charge in [0.15, 0.2) is 0 Å². The maximum atomic E-state index is 11.1. The molecule has 0 amide bonds. The second-order valence-corrected chi connectivity index (χ2v) is 5.66. The number of pyridine rings is 1. The molecule has 4 heteroatoms. The summed E-state index contributed by atoms with van der Waals surface area (Å²) in [5, 5.41) is 19.7. The van der Waals surface area contributed by atoms with Gasteiger partial charge in [0.2, 0.25) is 0 Å². The topological polar surface area (TPSA) is 70.4 Å². The fraction of sp³-hybridized carbons (Fsp3) is 0.294. The van der Waals surface area contributed by atoms with Gasteiger partial charge in [-0.25, -0.2) is 0 Å². The van der Waals surface area contributed by atoms with Crippen LogP contribution >= 0.6 is 0 Å². The molecule has 3 rings (SSSR count). The molecule has 1 aliphatic rings. The highest BCUT2D eigenvalue weighted by Gasteiger charge is 2.47. The predicted octanol–water partition coefficient (Wildman–Crippen LogP) is 3.17. The van der Waals surface area contributed by atoms with E-state index in [1.54, 1.807) is 13.0 Å². The van der Waals surface area contributed by atoms with Crippen molar-refractivity contribution in [3.05, 3.63) is 47.7 Å². The molecule has 0 radical (unpaired) electrons. The van der Waals surface area contributed by atoms with Gasteiger partial charge in [0, 0.05) is 5.39 Å². The number of rotatable bonds is 4. The number of hydrogen-bond donors (Lipinski definition) is 2. The van der Waals surface area contributed by atoms with E-state index in [1.165, 1.54) is 0 Å². The van der Waals surface area contributed by atoms with Crippen LogP contribution in [0.1, 0.15) is 37.1 Å². The van der Waals surface area contributed by atoms with Crippen LogP contribution in [-0.2, 0) is 4.79 Å². The Morgan fingerprint density at radius 3 is 2.67 bits per heavy atom. The normalized spacial score (nSPS) is 18.0. The lowest BCUT2D eigenvalue weighted by Gasteiger charge is -2.06. The van der Waals surface area contributed by atoms with Gasteiger partial charge in [-0.05, 0) is 37.5 Å². The number of aliphatic hydroxyl groups is 1. The maximum Gasteiger partial charge on any atom is 0.313 e. The molecule has 1 aromatic carbocycles. The molecule has 1 saturated carbocycles. The average Bonchev–Trinajstić information content (AvgIpc) is 3.25. The fourth-order valence-corrected chi connectivity index (χ4v) is 2.33. The van der Waals surface area contributed by atoms with Crippen LogP contribution in [0.25, 0.3) is 17.0 Å². The lowest BCUT2D eigenvalue weighted by molar-refractivity contribution is -0.141. The van der Waals surface area contributed by atoms with E-state index in [1.807, 2.05) is 36.4 Å². The smallest absolute Gasteiger partial charge is 0.313 e. The largest absolute Gasteiger partial charge is 0.481 e. The zero-order valence-electron chi connectivity index (χ0n) is 11.8. The molecule has 0 bridgehead atoms. The minimum Gasteiger partial charge on any atom is -0.481 e. The molecule has 108 valence electrons. The number of fused-ring (bicyclic) bond motifs is 1. The molecule has 0 spiro atoms. The van der Waals surface area contributed by atoms with E-state index in [0.717, 1.165) is 16.5 Å². The highest BCUT2D eigenvalue weighted by atomic mass is 16.4. The number of nitrogens with zero attached hydrogens (tertiary/aromatic N) is 1. The highest BCUT2D eigenvalue weighted by molar-refractivity contribution is 5.84. The van der Waals surface area contributed by atoms with E-state index in [4.69, 9.17) is 5.11 Å². The Morgan fingerprint density at radius 2 is 2.05 bits per heavy atom. The summed E-state index contributed by atoms with van der Waals surface area (Å²) in [7, 11) is 0. The number of benzene rings is 1. The van der Waals surface area contributed by atoms with Crippen molar-refractivity contribution >= 4 is 22.9 Å². The minimum absolute atomic E-state index is 0.602. The summed E-state index contributed by atoms with van der Waals surface area (Å²) in [5.74, 6) is -0.756. The molecule has 1 atom stereocenters. The zero-order valence-corrected chi connectivity index (χ0v) is 11.8. The van der Waals surface area contributed by atoms with Crippen LogP contribution in [0.4, 0.5) is 0 Å². The van der Waals surface area contributed by atoms with E-state index in [2.05, 4.69) is 4.98 Å². The standard InChI is InChI=1S/C17H17NO3/c1-11(19)14-5-4-13-3-2-12(10-15(13)18-14)6-7-17(8-9-17)16(20)21/h2-7,10-11,19H,8-9H2,1H3,(H,20,21). The van der Waals surface area contributed by atoms with Crippen molar-refractivity contribution in [2.75, 3.05) is 0 Å². The van der Waals surface area contributed by atoms with Gasteiger partial charge in [0.05, 0.1) is 22.7 Å². The fourth-order valence-electron chi connectivity index (χ4n) is 2.33. The van der Waals surface area contributed by atoms with Crippen LogP contribution in [0.5, 0.6) is 0 Å². The Bertz CT molecular complexity index is 730. The Hall–Kier alpha value is -2.20. The van der Waals surface area contributed by atoms with Gasteiger partial charge in [0.1, 0.15) is 0 Å². The molecule has 21 heavy (non-hydrogen) atoms. The van der Waals surface area contributed by atoms with E-state index in [-0.39, 0.29) is 0 Å². The molecule has 0 saturated heterocycles. The average molecular weight is 283 g/mol. The number of aromatic nitrogens is 1. The SMILES string of the molecule is CC(O)c1ccc2ccc(C=CC3(C(=O)O)CC3)cc2n1. The van der Waals surface area contributed by atoms with Gasteiger partial charge >= 0.3 is 5.97 Å². The molecule has 1 aliphatic carbocycles. The Kier molecular flexibility index (Phi) is 3.26. The summed E-state index contributed by atoms with van der Waals surface area (Å²) in [6.45, 7) is 1.68. The molecule has 4 nitrogen and oxygen atoms in total. The van der Waals surface area contributed by atoms with Gasteiger partial charge in [-0.1, -0.05) is 30.4 Å². The zero-order chi connectivity index (χ0) is 15.0. The van der Waals surface area contributed by atoms with Crippen molar-refractivity contribution in [3.63, 3.8) is 0 Å². The first-order chi connectivity index (χ1) is 10.00. The lowest BCUT2D eigenvalue weighted by Crippen LogP contribution is -2.10. The van der Waals surface area contributed by atoms with Gasteiger partial charge < -0.3 is 10.2 Å². The van der Waals surface area contributed by atoms with Crippen molar-refractivity contribution in [1.82, 2.24) is 4.98 Å². The van der Waals surface area contributed by atoms with E-state index >= 15 is 0 Å². The Balaban J connectivity index is 1.93. The number of carboxylic acids is 1. The van der Waals surface area contributed by atoms with Crippen LogP contribution in [-0.4, -0.2) is 21.2 Å². The molecule has 1 heterocycles. The quantitative estimate of drug-likeness (QED) is 0.904. The molecule has 0 aliphatic heterocycles. The molecular weight excluding hydrogens is 266 g/mol.